The van der Waals surface area contributed by atoms with Crippen LogP contribution in [0.5, 0.6) is 0 Å². The smallest absolute Gasteiger partial charge is 0.0948 e. The molecular formula is C20H21ClN2S. The van der Waals surface area contributed by atoms with Crippen molar-refractivity contribution in [3.8, 4) is 0 Å². The molecule has 0 radical (unpaired) electrons. The van der Waals surface area contributed by atoms with Gasteiger partial charge in [-0.25, -0.2) is 4.98 Å². The van der Waals surface area contributed by atoms with E-state index in [2.05, 4.69) is 59.8 Å². The molecule has 1 heterocycles. The van der Waals surface area contributed by atoms with Gasteiger partial charge in [-0.3, -0.25) is 0 Å². The molecule has 0 aliphatic rings. The molecule has 0 bridgehead atoms. The van der Waals surface area contributed by atoms with Gasteiger partial charge in [-0.2, -0.15) is 0 Å². The van der Waals surface area contributed by atoms with E-state index in [9.17, 15) is 0 Å². The molecule has 2 unspecified atom stereocenters. The fraction of sp³-hybridized carbons (Fsp3) is 0.250. The van der Waals surface area contributed by atoms with E-state index < -0.39 is 0 Å². The summed E-state index contributed by atoms with van der Waals surface area (Å²) < 4.78 is 2.18. The second kappa shape index (κ2) is 7.91. The Morgan fingerprint density at radius 2 is 1.79 bits per heavy atom. The van der Waals surface area contributed by atoms with Gasteiger partial charge in [0.25, 0.3) is 0 Å². The summed E-state index contributed by atoms with van der Waals surface area (Å²) in [7, 11) is 0. The second-order valence-electron chi connectivity index (χ2n) is 6.02. The van der Waals surface area contributed by atoms with Gasteiger partial charge < -0.3 is 4.57 Å². The Bertz CT molecular complexity index is 751. The first-order chi connectivity index (χ1) is 11.6. The summed E-state index contributed by atoms with van der Waals surface area (Å²) in [6.07, 6.45) is 5.77. The summed E-state index contributed by atoms with van der Waals surface area (Å²) in [4.78, 5) is 4.20. The fourth-order valence-corrected chi connectivity index (χ4v) is 4.16. The lowest BCUT2D eigenvalue weighted by molar-refractivity contribution is 0.534. The molecule has 3 rings (SSSR count). The summed E-state index contributed by atoms with van der Waals surface area (Å²) in [6.45, 7) is 4.37. The van der Waals surface area contributed by atoms with Crippen molar-refractivity contribution in [2.24, 2.45) is 0 Å². The van der Waals surface area contributed by atoms with E-state index in [-0.39, 0.29) is 0 Å². The van der Waals surface area contributed by atoms with Gasteiger partial charge in [-0.1, -0.05) is 53.6 Å². The van der Waals surface area contributed by atoms with Gasteiger partial charge in [0.2, 0.25) is 0 Å². The van der Waals surface area contributed by atoms with E-state index >= 15 is 0 Å². The maximum absolute atomic E-state index is 5.99. The normalized spacial score (nSPS) is 13.6. The van der Waals surface area contributed by atoms with Crippen molar-refractivity contribution in [3.05, 3.63) is 89.0 Å². The number of benzene rings is 2. The first kappa shape index (κ1) is 17.1. The molecule has 2 nitrogen and oxygen atoms in total. The summed E-state index contributed by atoms with van der Waals surface area (Å²) >= 11 is 7.94. The third-order valence-electron chi connectivity index (χ3n) is 4.18. The molecule has 4 heteroatoms. The molecule has 0 aliphatic carbocycles. The van der Waals surface area contributed by atoms with Crippen LogP contribution < -0.4 is 0 Å². The van der Waals surface area contributed by atoms with Crippen LogP contribution in [-0.2, 0) is 5.75 Å². The summed E-state index contributed by atoms with van der Waals surface area (Å²) in [6, 6.07) is 17.3. The molecule has 0 spiro atoms. The van der Waals surface area contributed by atoms with Gasteiger partial charge in [-0.05, 0) is 37.1 Å². The van der Waals surface area contributed by atoms with Crippen LogP contribution in [0.4, 0.5) is 0 Å². The Kier molecular flexibility index (Phi) is 5.64. The number of hydrogen-bond donors (Lipinski definition) is 0. The Hall–Kier alpha value is -1.71. The van der Waals surface area contributed by atoms with Gasteiger partial charge >= 0.3 is 0 Å². The molecule has 0 aliphatic heterocycles. The zero-order valence-electron chi connectivity index (χ0n) is 13.9. The first-order valence-electron chi connectivity index (χ1n) is 8.03. The lowest BCUT2D eigenvalue weighted by atomic mass is 10.0. The largest absolute Gasteiger partial charge is 0.333 e. The minimum atomic E-state index is 0.326. The van der Waals surface area contributed by atoms with E-state index in [1.165, 1.54) is 16.7 Å². The van der Waals surface area contributed by atoms with Gasteiger partial charge in [0.1, 0.15) is 0 Å². The second-order valence-corrected chi connectivity index (χ2v) is 7.59. The zero-order valence-corrected chi connectivity index (χ0v) is 15.5. The molecule has 24 heavy (non-hydrogen) atoms. The van der Waals surface area contributed by atoms with Crippen LogP contribution in [-0.4, -0.2) is 9.55 Å². The van der Waals surface area contributed by atoms with Gasteiger partial charge in [0.15, 0.2) is 0 Å². The molecule has 3 aromatic rings. The third-order valence-corrected chi connectivity index (χ3v) is 5.96. The zero-order chi connectivity index (χ0) is 16.9. The maximum Gasteiger partial charge on any atom is 0.0948 e. The average molecular weight is 357 g/mol. The number of aromatic nitrogens is 2. The number of nitrogens with zero attached hydrogens (tertiary/aromatic N) is 2. The first-order valence-corrected chi connectivity index (χ1v) is 9.46. The third kappa shape index (κ3) is 4.22. The molecular weight excluding hydrogens is 336 g/mol. The Morgan fingerprint density at radius 3 is 2.42 bits per heavy atom. The maximum atomic E-state index is 5.99. The predicted molar refractivity (Wildman–Crippen MR) is 104 cm³/mol. The topological polar surface area (TPSA) is 17.8 Å². The van der Waals surface area contributed by atoms with Gasteiger partial charge in [0.05, 0.1) is 11.6 Å². The number of thioether (sulfide) groups is 1. The number of hydrogen-bond acceptors (Lipinski definition) is 2. The van der Waals surface area contributed by atoms with E-state index in [1.54, 1.807) is 0 Å². The van der Waals surface area contributed by atoms with Crippen LogP contribution in [0.25, 0.3) is 0 Å². The van der Waals surface area contributed by atoms with Crippen molar-refractivity contribution >= 4 is 23.4 Å². The van der Waals surface area contributed by atoms with Crippen molar-refractivity contribution in [1.82, 2.24) is 9.55 Å². The SMILES string of the molecule is Cc1ccc(C(SCc2ccc(Cl)cc2)C(C)n2ccnc2)cc1. The highest BCUT2D eigenvalue weighted by molar-refractivity contribution is 7.98. The highest BCUT2D eigenvalue weighted by atomic mass is 35.5. The fourth-order valence-electron chi connectivity index (χ4n) is 2.70. The summed E-state index contributed by atoms with van der Waals surface area (Å²) in [5.74, 6) is 0.953. The van der Waals surface area contributed by atoms with Crippen LogP contribution in [0, 0.1) is 6.92 Å². The van der Waals surface area contributed by atoms with Crippen LogP contribution in [0.3, 0.4) is 0 Å². The number of aryl methyl sites for hydroxylation is 1. The molecule has 1 aromatic heterocycles. The van der Waals surface area contributed by atoms with E-state index in [1.807, 2.05) is 42.6 Å². The van der Waals surface area contributed by atoms with Gasteiger partial charge in [0, 0.05) is 29.2 Å². The van der Waals surface area contributed by atoms with E-state index in [4.69, 9.17) is 11.6 Å². The van der Waals surface area contributed by atoms with Crippen LogP contribution in [0.15, 0.2) is 67.3 Å². The monoisotopic (exact) mass is 356 g/mol. The van der Waals surface area contributed by atoms with Crippen molar-refractivity contribution in [1.29, 1.82) is 0 Å². The number of halogens is 1. The molecule has 0 saturated heterocycles. The van der Waals surface area contributed by atoms with E-state index in [0.29, 0.717) is 11.3 Å². The number of rotatable bonds is 6. The molecule has 0 saturated carbocycles. The van der Waals surface area contributed by atoms with Crippen LogP contribution in [0.2, 0.25) is 5.02 Å². The summed E-state index contributed by atoms with van der Waals surface area (Å²) in [5.41, 5.74) is 3.93. The lowest BCUT2D eigenvalue weighted by Crippen LogP contribution is -2.11. The number of imidazole rings is 1. The molecule has 0 amide bonds. The molecule has 2 atom stereocenters. The van der Waals surface area contributed by atoms with Gasteiger partial charge in [-0.15, -0.1) is 11.8 Å². The average Bonchev–Trinajstić information content (AvgIpc) is 3.12. The van der Waals surface area contributed by atoms with Crippen molar-refractivity contribution in [2.45, 2.75) is 30.9 Å². The van der Waals surface area contributed by atoms with Crippen molar-refractivity contribution < 1.29 is 0 Å². The van der Waals surface area contributed by atoms with Crippen molar-refractivity contribution in [2.75, 3.05) is 0 Å². The Balaban J connectivity index is 1.81. The quantitative estimate of drug-likeness (QED) is 0.532. The molecule has 124 valence electrons. The van der Waals surface area contributed by atoms with Crippen molar-refractivity contribution in [3.63, 3.8) is 0 Å². The highest BCUT2D eigenvalue weighted by Crippen LogP contribution is 2.40. The minimum Gasteiger partial charge on any atom is -0.333 e. The Labute approximate surface area is 152 Å². The Morgan fingerprint density at radius 1 is 1.08 bits per heavy atom. The lowest BCUT2D eigenvalue weighted by Gasteiger charge is -2.25. The highest BCUT2D eigenvalue weighted by Gasteiger charge is 2.21. The van der Waals surface area contributed by atoms with Crippen LogP contribution in [0.1, 0.15) is 34.9 Å². The summed E-state index contributed by atoms with van der Waals surface area (Å²) in [5, 5.41) is 1.14. The predicted octanol–water partition coefficient (Wildman–Crippen LogP) is 6.08. The standard InChI is InChI=1S/C20H21ClN2S/c1-15-3-7-18(8-4-15)20(16(2)23-12-11-22-14-23)24-13-17-5-9-19(21)10-6-17/h3-12,14,16,20H,13H2,1-2H3. The minimum absolute atomic E-state index is 0.326. The molecule has 2 aromatic carbocycles. The molecule has 0 N–H and O–H groups in total. The van der Waals surface area contributed by atoms with Crippen LogP contribution >= 0.6 is 23.4 Å². The molecule has 0 fully saturated rings. The van der Waals surface area contributed by atoms with E-state index in [0.717, 1.165) is 10.8 Å².